The number of hydrogen-bond acceptors (Lipinski definition) is 4. The third-order valence-corrected chi connectivity index (χ3v) is 4.53. The quantitative estimate of drug-likeness (QED) is 0.753. The maximum absolute atomic E-state index is 12.2. The molecule has 7 heteroatoms. The van der Waals surface area contributed by atoms with Crippen molar-refractivity contribution < 1.29 is 19.1 Å². The normalized spacial score (nSPS) is 18.4. The Labute approximate surface area is 152 Å². The highest BCUT2D eigenvalue weighted by molar-refractivity contribution is 6.31. The van der Waals surface area contributed by atoms with E-state index in [-0.39, 0.29) is 36.9 Å². The Hall–Kier alpha value is -2.08. The largest absolute Gasteiger partial charge is 0.455 e. The fourth-order valence-electron chi connectivity index (χ4n) is 2.45. The van der Waals surface area contributed by atoms with Gasteiger partial charge in [0.25, 0.3) is 5.91 Å². The highest BCUT2D eigenvalue weighted by Crippen LogP contribution is 2.38. The Bertz CT molecular complexity index is 677. The van der Waals surface area contributed by atoms with Gasteiger partial charge in [-0.15, -0.1) is 0 Å². The van der Waals surface area contributed by atoms with Crippen LogP contribution in [0.15, 0.2) is 18.2 Å². The SMILES string of the molecule is CCN(CC(=O)Nc1cc(Cl)ccc1C)C(=O)COC(=O)[C@H]1C[C@@H]1C. The predicted octanol–water partition coefficient (Wildman–Crippen LogP) is 2.63. The number of hydrogen-bond donors (Lipinski definition) is 1. The first-order valence-corrected chi connectivity index (χ1v) is 8.70. The molecule has 1 aromatic carbocycles. The number of carbonyl (C=O) groups excluding carboxylic acids is 3. The van der Waals surface area contributed by atoms with Crippen molar-refractivity contribution in [1.29, 1.82) is 0 Å². The Morgan fingerprint density at radius 1 is 1.36 bits per heavy atom. The molecule has 1 saturated carbocycles. The summed E-state index contributed by atoms with van der Waals surface area (Å²) in [6.07, 6.45) is 0.811. The zero-order valence-corrected chi connectivity index (χ0v) is 15.4. The molecule has 136 valence electrons. The van der Waals surface area contributed by atoms with Crippen molar-refractivity contribution in [2.75, 3.05) is 25.0 Å². The van der Waals surface area contributed by atoms with E-state index in [9.17, 15) is 14.4 Å². The van der Waals surface area contributed by atoms with Gasteiger partial charge >= 0.3 is 5.97 Å². The number of ether oxygens (including phenoxy) is 1. The monoisotopic (exact) mass is 366 g/mol. The van der Waals surface area contributed by atoms with Gasteiger partial charge in [0.15, 0.2) is 6.61 Å². The third kappa shape index (κ3) is 5.46. The van der Waals surface area contributed by atoms with Crippen LogP contribution in [0.3, 0.4) is 0 Å². The lowest BCUT2D eigenvalue weighted by Gasteiger charge is -2.20. The lowest BCUT2D eigenvalue weighted by atomic mass is 10.2. The van der Waals surface area contributed by atoms with Crippen molar-refractivity contribution in [2.24, 2.45) is 11.8 Å². The van der Waals surface area contributed by atoms with Gasteiger partial charge < -0.3 is 15.0 Å². The van der Waals surface area contributed by atoms with Crippen molar-refractivity contribution in [2.45, 2.75) is 27.2 Å². The van der Waals surface area contributed by atoms with E-state index in [4.69, 9.17) is 16.3 Å². The van der Waals surface area contributed by atoms with Crippen molar-refractivity contribution in [3.05, 3.63) is 28.8 Å². The molecule has 1 N–H and O–H groups in total. The van der Waals surface area contributed by atoms with Crippen LogP contribution in [0, 0.1) is 18.8 Å². The van der Waals surface area contributed by atoms with Gasteiger partial charge in [-0.2, -0.15) is 0 Å². The Balaban J connectivity index is 1.85. The molecule has 0 aliphatic heterocycles. The van der Waals surface area contributed by atoms with Crippen molar-refractivity contribution in [1.82, 2.24) is 4.90 Å². The number of likely N-dealkylation sites (N-methyl/N-ethyl adjacent to an activating group) is 1. The Morgan fingerprint density at radius 3 is 2.64 bits per heavy atom. The van der Waals surface area contributed by atoms with E-state index < -0.39 is 0 Å². The molecule has 1 fully saturated rings. The number of rotatable bonds is 7. The van der Waals surface area contributed by atoms with Crippen molar-refractivity contribution in [3.8, 4) is 0 Å². The lowest BCUT2D eigenvalue weighted by molar-refractivity contribution is -0.153. The molecule has 1 aliphatic carbocycles. The van der Waals surface area contributed by atoms with Crippen LogP contribution in [0.25, 0.3) is 0 Å². The number of carbonyl (C=O) groups is 3. The zero-order chi connectivity index (χ0) is 18.6. The summed E-state index contributed by atoms with van der Waals surface area (Å²) in [5, 5.41) is 3.26. The summed E-state index contributed by atoms with van der Waals surface area (Å²) < 4.78 is 5.04. The summed E-state index contributed by atoms with van der Waals surface area (Å²) in [5.41, 5.74) is 1.48. The van der Waals surface area contributed by atoms with Gasteiger partial charge in [0.2, 0.25) is 5.91 Å². The number of anilines is 1. The second-order valence-electron chi connectivity index (χ2n) is 6.34. The number of benzene rings is 1. The first-order valence-electron chi connectivity index (χ1n) is 8.32. The molecule has 0 spiro atoms. The molecule has 1 aliphatic rings. The van der Waals surface area contributed by atoms with E-state index in [1.165, 1.54) is 4.90 Å². The minimum absolute atomic E-state index is 0.0861. The predicted molar refractivity (Wildman–Crippen MR) is 95.3 cm³/mol. The molecular weight excluding hydrogens is 344 g/mol. The smallest absolute Gasteiger partial charge is 0.309 e. The minimum Gasteiger partial charge on any atom is -0.455 e. The summed E-state index contributed by atoms with van der Waals surface area (Å²) in [7, 11) is 0. The maximum Gasteiger partial charge on any atom is 0.309 e. The first kappa shape index (κ1) is 19.2. The van der Waals surface area contributed by atoms with Gasteiger partial charge in [-0.25, -0.2) is 0 Å². The van der Waals surface area contributed by atoms with Crippen LogP contribution in [0.1, 0.15) is 25.8 Å². The molecule has 2 rings (SSSR count). The Morgan fingerprint density at radius 2 is 2.04 bits per heavy atom. The van der Waals surface area contributed by atoms with Crippen LogP contribution in [0.5, 0.6) is 0 Å². The molecule has 2 amide bonds. The lowest BCUT2D eigenvalue weighted by Crippen LogP contribution is -2.40. The molecule has 25 heavy (non-hydrogen) atoms. The van der Waals surface area contributed by atoms with Crippen molar-refractivity contribution in [3.63, 3.8) is 0 Å². The highest BCUT2D eigenvalue weighted by atomic mass is 35.5. The molecule has 1 aromatic rings. The summed E-state index contributed by atoms with van der Waals surface area (Å²) in [4.78, 5) is 37.4. The van der Waals surface area contributed by atoms with E-state index in [1.54, 1.807) is 25.1 Å². The fourth-order valence-corrected chi connectivity index (χ4v) is 2.62. The van der Waals surface area contributed by atoms with Gasteiger partial charge in [0, 0.05) is 17.3 Å². The summed E-state index contributed by atoms with van der Waals surface area (Å²) >= 11 is 5.93. The molecule has 2 atom stereocenters. The molecule has 0 aromatic heterocycles. The highest BCUT2D eigenvalue weighted by Gasteiger charge is 2.40. The van der Waals surface area contributed by atoms with Crippen LogP contribution < -0.4 is 5.32 Å². The molecule has 0 radical (unpaired) electrons. The van der Waals surface area contributed by atoms with E-state index in [2.05, 4.69) is 5.32 Å². The van der Waals surface area contributed by atoms with E-state index in [0.717, 1.165) is 12.0 Å². The van der Waals surface area contributed by atoms with Gasteiger partial charge in [-0.05, 0) is 43.9 Å². The fraction of sp³-hybridized carbons (Fsp3) is 0.500. The number of aryl methyl sites for hydroxylation is 1. The molecule has 0 heterocycles. The summed E-state index contributed by atoms with van der Waals surface area (Å²) in [6, 6.07) is 5.20. The average molecular weight is 367 g/mol. The van der Waals surface area contributed by atoms with Gasteiger partial charge in [-0.3, -0.25) is 14.4 Å². The zero-order valence-electron chi connectivity index (χ0n) is 14.7. The van der Waals surface area contributed by atoms with Crippen molar-refractivity contribution >= 4 is 35.1 Å². The molecule has 0 unspecified atom stereocenters. The number of nitrogens with one attached hydrogen (secondary N) is 1. The topological polar surface area (TPSA) is 75.7 Å². The first-order chi connectivity index (χ1) is 11.8. The summed E-state index contributed by atoms with van der Waals surface area (Å²) in [5.74, 6) is -0.811. The Kier molecular flexibility index (Phi) is 6.42. The number of nitrogens with zero attached hydrogens (tertiary/aromatic N) is 1. The van der Waals surface area contributed by atoms with Gasteiger partial charge in [0.05, 0.1) is 12.5 Å². The molecule has 0 saturated heterocycles. The number of halogens is 1. The molecular formula is C18H23ClN2O4. The van der Waals surface area contributed by atoms with Crippen LogP contribution in [0.4, 0.5) is 5.69 Å². The van der Waals surface area contributed by atoms with Crippen LogP contribution in [0.2, 0.25) is 5.02 Å². The molecule has 0 bridgehead atoms. The van der Waals surface area contributed by atoms with Gasteiger partial charge in [-0.1, -0.05) is 24.6 Å². The van der Waals surface area contributed by atoms with Gasteiger partial charge in [0.1, 0.15) is 0 Å². The van der Waals surface area contributed by atoms with Crippen LogP contribution in [-0.2, 0) is 19.1 Å². The summed E-state index contributed by atoms with van der Waals surface area (Å²) in [6.45, 7) is 5.48. The van der Waals surface area contributed by atoms with Crippen LogP contribution >= 0.6 is 11.6 Å². The minimum atomic E-state index is -0.387. The van der Waals surface area contributed by atoms with E-state index in [1.807, 2.05) is 13.8 Å². The van der Waals surface area contributed by atoms with E-state index in [0.29, 0.717) is 23.2 Å². The number of amides is 2. The maximum atomic E-state index is 12.2. The van der Waals surface area contributed by atoms with Crippen LogP contribution in [-0.4, -0.2) is 42.4 Å². The average Bonchev–Trinajstić information content (AvgIpc) is 3.30. The number of esters is 1. The second kappa shape index (κ2) is 8.34. The molecule has 6 nitrogen and oxygen atoms in total. The standard InChI is InChI=1S/C18H23ClN2O4/c1-4-21(17(23)10-25-18(24)14-7-12(14)3)9-16(22)20-15-8-13(19)6-5-11(15)2/h5-6,8,12,14H,4,7,9-10H2,1-3H3,(H,20,22)/t12-,14-/m0/s1. The van der Waals surface area contributed by atoms with E-state index >= 15 is 0 Å². The third-order valence-electron chi connectivity index (χ3n) is 4.29. The second-order valence-corrected chi connectivity index (χ2v) is 6.78.